The topological polar surface area (TPSA) is 32.7 Å². The first kappa shape index (κ1) is 7.53. The highest BCUT2D eigenvalue weighted by atomic mass is 16.2. The molecule has 1 fully saturated rings. The number of hydrogen-bond acceptors (Lipinski definition) is 2. The van der Waals surface area contributed by atoms with Crippen molar-refractivity contribution in [1.82, 2.24) is 4.90 Å². The van der Waals surface area contributed by atoms with E-state index in [1.54, 1.807) is 11.0 Å². The van der Waals surface area contributed by atoms with Crippen molar-refractivity contribution in [2.45, 2.75) is 26.2 Å². The number of allylic oxidation sites excluding steroid dienone is 1. The second-order valence-corrected chi connectivity index (χ2v) is 3.12. The van der Waals surface area contributed by atoms with Crippen LogP contribution in [0.2, 0.25) is 0 Å². The second kappa shape index (κ2) is 2.73. The third kappa shape index (κ3) is 0.967. The lowest BCUT2D eigenvalue weighted by atomic mass is 10.1. The van der Waals surface area contributed by atoms with Crippen molar-refractivity contribution in [3.8, 4) is 0 Å². The zero-order valence-electron chi connectivity index (χ0n) is 7.21. The Morgan fingerprint density at radius 1 is 1.50 bits per heavy atom. The lowest BCUT2D eigenvalue weighted by Gasteiger charge is -2.22. The van der Waals surface area contributed by atoms with Crippen molar-refractivity contribution in [3.05, 3.63) is 11.8 Å². The molecule has 0 aromatic heterocycles. The van der Waals surface area contributed by atoms with Crippen LogP contribution in [0, 0.1) is 0 Å². The lowest BCUT2D eigenvalue weighted by Crippen LogP contribution is -2.35. The monoisotopic (exact) mass is 164 g/mol. The Bertz CT molecular complexity index is 278. The Balaban J connectivity index is 2.30. The third-order valence-electron chi connectivity index (χ3n) is 2.33. The second-order valence-electron chi connectivity index (χ2n) is 3.12. The van der Waals surface area contributed by atoms with Crippen LogP contribution < -0.4 is 0 Å². The predicted molar refractivity (Wildman–Crippen MR) is 46.8 cm³/mol. The van der Waals surface area contributed by atoms with E-state index in [4.69, 9.17) is 0 Å². The van der Waals surface area contributed by atoms with Gasteiger partial charge in [-0.05, 0) is 19.8 Å². The highest BCUT2D eigenvalue weighted by molar-refractivity contribution is 6.12. The van der Waals surface area contributed by atoms with E-state index in [0.29, 0.717) is 5.70 Å². The van der Waals surface area contributed by atoms with Gasteiger partial charge in [-0.25, -0.2) is 4.99 Å². The summed E-state index contributed by atoms with van der Waals surface area (Å²) < 4.78 is 0. The summed E-state index contributed by atoms with van der Waals surface area (Å²) in [7, 11) is 0. The normalized spacial score (nSPS) is 26.1. The van der Waals surface area contributed by atoms with Gasteiger partial charge in [0.05, 0.1) is 0 Å². The molecule has 3 nitrogen and oxygen atoms in total. The van der Waals surface area contributed by atoms with Gasteiger partial charge in [0.25, 0.3) is 5.91 Å². The molecule has 0 saturated carbocycles. The number of amidine groups is 1. The van der Waals surface area contributed by atoms with Crippen LogP contribution in [0.25, 0.3) is 0 Å². The molecule has 0 N–H and O–H groups in total. The van der Waals surface area contributed by atoms with Gasteiger partial charge in [-0.15, -0.1) is 0 Å². The summed E-state index contributed by atoms with van der Waals surface area (Å²) in [5, 5.41) is 0. The Hall–Kier alpha value is -1.12. The van der Waals surface area contributed by atoms with Gasteiger partial charge >= 0.3 is 0 Å². The van der Waals surface area contributed by atoms with E-state index in [-0.39, 0.29) is 5.91 Å². The quantitative estimate of drug-likeness (QED) is 0.497. The first-order valence-electron chi connectivity index (χ1n) is 4.38. The largest absolute Gasteiger partial charge is 0.295 e. The Morgan fingerprint density at radius 2 is 2.33 bits per heavy atom. The summed E-state index contributed by atoms with van der Waals surface area (Å²) >= 11 is 0. The number of nitrogens with zero attached hydrogens (tertiary/aromatic N) is 2. The molecule has 1 amide bonds. The summed E-state index contributed by atoms with van der Waals surface area (Å²) in [6.45, 7) is 2.71. The lowest BCUT2D eigenvalue weighted by molar-refractivity contribution is -0.123. The molecule has 0 atom stereocenters. The van der Waals surface area contributed by atoms with Gasteiger partial charge in [0.1, 0.15) is 11.5 Å². The van der Waals surface area contributed by atoms with E-state index >= 15 is 0 Å². The molecule has 2 aliphatic heterocycles. The van der Waals surface area contributed by atoms with Crippen molar-refractivity contribution >= 4 is 11.7 Å². The maximum absolute atomic E-state index is 11.5. The first-order chi connectivity index (χ1) is 5.83. The summed E-state index contributed by atoms with van der Waals surface area (Å²) in [6.07, 6.45) is 5.03. The molecule has 0 aromatic carbocycles. The molecule has 3 heteroatoms. The van der Waals surface area contributed by atoms with Crippen LogP contribution in [0.1, 0.15) is 26.2 Å². The standard InChI is InChI=1S/C9H12N2O/c1-2-7-9(12)11-6-4-3-5-8(11)10-7/h2H,3-6H2,1H3. The third-order valence-corrected chi connectivity index (χ3v) is 2.33. The van der Waals surface area contributed by atoms with Crippen molar-refractivity contribution < 1.29 is 4.79 Å². The summed E-state index contributed by atoms with van der Waals surface area (Å²) in [5.41, 5.74) is 0.618. The van der Waals surface area contributed by atoms with Crippen molar-refractivity contribution in [2.24, 2.45) is 4.99 Å². The van der Waals surface area contributed by atoms with E-state index in [9.17, 15) is 4.79 Å². The summed E-state index contributed by atoms with van der Waals surface area (Å²) in [4.78, 5) is 17.6. The van der Waals surface area contributed by atoms with Crippen LogP contribution in [0.15, 0.2) is 16.8 Å². The maximum atomic E-state index is 11.5. The van der Waals surface area contributed by atoms with Gasteiger partial charge in [0.15, 0.2) is 0 Å². The van der Waals surface area contributed by atoms with Crippen LogP contribution in [0.3, 0.4) is 0 Å². The Kier molecular flexibility index (Phi) is 1.71. The molecule has 64 valence electrons. The van der Waals surface area contributed by atoms with Crippen molar-refractivity contribution in [2.75, 3.05) is 6.54 Å². The van der Waals surface area contributed by atoms with Crippen LogP contribution in [0.4, 0.5) is 0 Å². The minimum Gasteiger partial charge on any atom is -0.295 e. The van der Waals surface area contributed by atoms with Gasteiger partial charge in [-0.1, -0.05) is 6.08 Å². The SMILES string of the molecule is CC=C1N=C2CCCCN2C1=O. The van der Waals surface area contributed by atoms with Crippen molar-refractivity contribution in [3.63, 3.8) is 0 Å². The number of aliphatic imine (C=N–C) groups is 1. The van der Waals surface area contributed by atoms with E-state index in [2.05, 4.69) is 4.99 Å². The van der Waals surface area contributed by atoms with Crippen molar-refractivity contribution in [1.29, 1.82) is 0 Å². The predicted octanol–water partition coefficient (Wildman–Crippen LogP) is 1.31. The molecular weight excluding hydrogens is 152 g/mol. The molecular formula is C9H12N2O. The van der Waals surface area contributed by atoms with E-state index in [1.807, 2.05) is 6.92 Å². The fraction of sp³-hybridized carbons (Fsp3) is 0.556. The van der Waals surface area contributed by atoms with Gasteiger partial charge in [0.2, 0.25) is 0 Å². The van der Waals surface area contributed by atoms with E-state index in [1.165, 1.54) is 6.42 Å². The molecule has 0 aliphatic carbocycles. The van der Waals surface area contributed by atoms with Gasteiger partial charge in [0, 0.05) is 13.0 Å². The molecule has 0 aromatic rings. The summed E-state index contributed by atoms with van der Waals surface area (Å²) in [5.74, 6) is 1.06. The fourth-order valence-electron chi connectivity index (χ4n) is 1.67. The summed E-state index contributed by atoms with van der Waals surface area (Å²) in [6, 6.07) is 0. The number of rotatable bonds is 0. The molecule has 2 heterocycles. The van der Waals surface area contributed by atoms with Crippen LogP contribution in [-0.4, -0.2) is 23.2 Å². The zero-order valence-corrected chi connectivity index (χ0v) is 7.21. The first-order valence-corrected chi connectivity index (χ1v) is 4.38. The number of hydrogen-bond donors (Lipinski definition) is 0. The zero-order chi connectivity index (χ0) is 8.55. The van der Waals surface area contributed by atoms with Crippen LogP contribution >= 0.6 is 0 Å². The van der Waals surface area contributed by atoms with Crippen LogP contribution in [-0.2, 0) is 4.79 Å². The average Bonchev–Trinajstić information content (AvgIpc) is 2.44. The minimum absolute atomic E-state index is 0.0900. The number of piperidine rings is 1. The Morgan fingerprint density at radius 3 is 3.00 bits per heavy atom. The minimum atomic E-state index is 0.0900. The molecule has 0 radical (unpaired) electrons. The van der Waals surface area contributed by atoms with Gasteiger partial charge < -0.3 is 0 Å². The van der Waals surface area contributed by atoms with Gasteiger partial charge in [-0.2, -0.15) is 0 Å². The molecule has 12 heavy (non-hydrogen) atoms. The van der Waals surface area contributed by atoms with Crippen LogP contribution in [0.5, 0.6) is 0 Å². The number of amides is 1. The van der Waals surface area contributed by atoms with E-state index in [0.717, 1.165) is 25.2 Å². The molecule has 0 unspecified atom stereocenters. The highest BCUT2D eigenvalue weighted by Crippen LogP contribution is 2.22. The average molecular weight is 164 g/mol. The number of fused-ring (bicyclic) bond motifs is 1. The number of carbonyl (C=O) groups excluding carboxylic acids is 1. The Labute approximate surface area is 71.8 Å². The maximum Gasteiger partial charge on any atom is 0.277 e. The molecule has 1 saturated heterocycles. The molecule has 2 rings (SSSR count). The molecule has 0 spiro atoms. The fourth-order valence-corrected chi connectivity index (χ4v) is 1.67. The highest BCUT2D eigenvalue weighted by Gasteiger charge is 2.30. The molecule has 2 aliphatic rings. The number of carbonyl (C=O) groups is 1. The smallest absolute Gasteiger partial charge is 0.277 e. The van der Waals surface area contributed by atoms with E-state index < -0.39 is 0 Å². The van der Waals surface area contributed by atoms with Gasteiger partial charge in [-0.3, -0.25) is 9.69 Å². The molecule has 0 bridgehead atoms.